The highest BCUT2D eigenvalue weighted by molar-refractivity contribution is 7.11. The Kier molecular flexibility index (Phi) is 4.61. The standard InChI is InChI=1S/C17H20FN3OS/c1-11(15-5-3-4-6-16(15)18)21(13-7-8-13)17(22)20-10-14-9-19-12(2)23-14/h3-6,9,11,13H,7-8,10H2,1-2H3,(H,20,22). The number of hydrogen-bond acceptors (Lipinski definition) is 3. The van der Waals surface area contributed by atoms with E-state index in [4.69, 9.17) is 0 Å². The van der Waals surface area contributed by atoms with E-state index in [1.807, 2.05) is 13.8 Å². The van der Waals surface area contributed by atoms with E-state index < -0.39 is 0 Å². The van der Waals surface area contributed by atoms with Gasteiger partial charge in [0.2, 0.25) is 0 Å². The fourth-order valence-corrected chi connectivity index (χ4v) is 3.45. The van der Waals surface area contributed by atoms with Crippen LogP contribution in [0.2, 0.25) is 0 Å². The molecular formula is C17H20FN3OS. The molecule has 1 aliphatic carbocycles. The molecule has 0 aliphatic heterocycles. The quantitative estimate of drug-likeness (QED) is 0.898. The summed E-state index contributed by atoms with van der Waals surface area (Å²) in [5.41, 5.74) is 0.559. The van der Waals surface area contributed by atoms with Crippen molar-refractivity contribution in [2.75, 3.05) is 0 Å². The van der Waals surface area contributed by atoms with Crippen LogP contribution in [0.5, 0.6) is 0 Å². The van der Waals surface area contributed by atoms with Gasteiger partial charge in [-0.3, -0.25) is 0 Å². The second kappa shape index (κ2) is 6.66. The van der Waals surface area contributed by atoms with E-state index in [9.17, 15) is 9.18 Å². The van der Waals surface area contributed by atoms with Crippen LogP contribution in [0.1, 0.15) is 41.3 Å². The van der Waals surface area contributed by atoms with Crippen molar-refractivity contribution in [1.82, 2.24) is 15.2 Å². The number of urea groups is 1. The van der Waals surface area contributed by atoms with Crippen molar-refractivity contribution in [3.05, 3.63) is 51.7 Å². The van der Waals surface area contributed by atoms with Crippen molar-refractivity contribution in [2.24, 2.45) is 0 Å². The molecule has 1 unspecified atom stereocenters. The number of carbonyl (C=O) groups excluding carboxylic acids is 1. The van der Waals surface area contributed by atoms with E-state index in [0.717, 1.165) is 22.7 Å². The Morgan fingerprint density at radius 3 is 2.83 bits per heavy atom. The summed E-state index contributed by atoms with van der Waals surface area (Å²) in [6.07, 6.45) is 3.74. The third kappa shape index (κ3) is 3.69. The number of nitrogens with one attached hydrogen (secondary N) is 1. The summed E-state index contributed by atoms with van der Waals surface area (Å²) in [5, 5.41) is 3.92. The molecule has 6 heteroatoms. The van der Waals surface area contributed by atoms with Crippen molar-refractivity contribution in [1.29, 1.82) is 0 Å². The van der Waals surface area contributed by atoms with Crippen LogP contribution in [0.4, 0.5) is 9.18 Å². The van der Waals surface area contributed by atoms with Gasteiger partial charge in [0.15, 0.2) is 0 Å². The number of nitrogens with zero attached hydrogens (tertiary/aromatic N) is 2. The third-order valence-electron chi connectivity index (χ3n) is 4.03. The molecule has 1 aromatic carbocycles. The summed E-state index contributed by atoms with van der Waals surface area (Å²) in [6.45, 7) is 4.28. The molecule has 0 radical (unpaired) electrons. The number of rotatable bonds is 5. The lowest BCUT2D eigenvalue weighted by molar-refractivity contribution is 0.173. The van der Waals surface area contributed by atoms with Gasteiger partial charge >= 0.3 is 6.03 Å². The number of benzene rings is 1. The Labute approximate surface area is 139 Å². The van der Waals surface area contributed by atoms with E-state index in [-0.39, 0.29) is 23.9 Å². The highest BCUT2D eigenvalue weighted by Crippen LogP contribution is 2.35. The lowest BCUT2D eigenvalue weighted by atomic mass is 10.1. The number of carbonyl (C=O) groups is 1. The number of aromatic nitrogens is 1. The Balaban J connectivity index is 1.71. The summed E-state index contributed by atoms with van der Waals surface area (Å²) in [7, 11) is 0. The van der Waals surface area contributed by atoms with Gasteiger partial charge in [0.05, 0.1) is 17.6 Å². The van der Waals surface area contributed by atoms with Gasteiger partial charge in [-0.15, -0.1) is 11.3 Å². The maximum absolute atomic E-state index is 14.0. The van der Waals surface area contributed by atoms with Gasteiger partial charge < -0.3 is 10.2 Å². The molecule has 1 atom stereocenters. The van der Waals surface area contributed by atoms with Gasteiger partial charge in [-0.05, 0) is 32.8 Å². The predicted octanol–water partition coefficient (Wildman–Crippen LogP) is 4.03. The molecular weight excluding hydrogens is 313 g/mol. The van der Waals surface area contributed by atoms with Crippen molar-refractivity contribution in [2.45, 2.75) is 45.3 Å². The molecule has 2 aromatic rings. The van der Waals surface area contributed by atoms with Crippen LogP contribution in [0.15, 0.2) is 30.5 Å². The topological polar surface area (TPSA) is 45.2 Å². The molecule has 2 amide bonds. The molecule has 4 nitrogen and oxygen atoms in total. The summed E-state index contributed by atoms with van der Waals surface area (Å²) >= 11 is 1.57. The zero-order chi connectivity index (χ0) is 16.4. The predicted molar refractivity (Wildman–Crippen MR) is 88.8 cm³/mol. The number of aryl methyl sites for hydroxylation is 1. The molecule has 122 valence electrons. The molecule has 0 spiro atoms. The zero-order valence-corrected chi connectivity index (χ0v) is 14.1. The molecule has 3 rings (SSSR count). The Morgan fingerprint density at radius 2 is 2.22 bits per heavy atom. The molecule has 1 N–H and O–H groups in total. The average molecular weight is 333 g/mol. The molecule has 0 saturated heterocycles. The number of amides is 2. The monoisotopic (exact) mass is 333 g/mol. The van der Waals surface area contributed by atoms with Crippen LogP contribution >= 0.6 is 11.3 Å². The van der Waals surface area contributed by atoms with E-state index in [1.54, 1.807) is 40.6 Å². The van der Waals surface area contributed by atoms with E-state index in [0.29, 0.717) is 12.1 Å². The van der Waals surface area contributed by atoms with Crippen LogP contribution in [0, 0.1) is 12.7 Å². The molecule has 1 fully saturated rings. The van der Waals surface area contributed by atoms with Crippen LogP contribution in [0.3, 0.4) is 0 Å². The third-order valence-corrected chi connectivity index (χ3v) is 4.94. The van der Waals surface area contributed by atoms with Gasteiger partial charge in [0.1, 0.15) is 5.82 Å². The smallest absolute Gasteiger partial charge is 0.318 e. The second-order valence-electron chi connectivity index (χ2n) is 5.84. The molecule has 1 saturated carbocycles. The fraction of sp³-hybridized carbons (Fsp3) is 0.412. The Morgan fingerprint density at radius 1 is 1.48 bits per heavy atom. The number of thiazole rings is 1. The first-order chi connectivity index (χ1) is 11.1. The van der Waals surface area contributed by atoms with Crippen LogP contribution in [0.25, 0.3) is 0 Å². The van der Waals surface area contributed by atoms with Gasteiger partial charge in [-0.2, -0.15) is 0 Å². The van der Waals surface area contributed by atoms with Crippen molar-refractivity contribution in [3.63, 3.8) is 0 Å². The first-order valence-corrected chi connectivity index (χ1v) is 8.60. The summed E-state index contributed by atoms with van der Waals surface area (Å²) in [5.74, 6) is -0.267. The molecule has 1 aromatic heterocycles. The highest BCUT2D eigenvalue weighted by atomic mass is 32.1. The largest absolute Gasteiger partial charge is 0.333 e. The summed E-state index contributed by atoms with van der Waals surface area (Å²) in [4.78, 5) is 19.6. The lowest BCUT2D eigenvalue weighted by Gasteiger charge is -2.30. The average Bonchev–Trinajstić information content (AvgIpc) is 3.27. The molecule has 1 aliphatic rings. The molecule has 23 heavy (non-hydrogen) atoms. The van der Waals surface area contributed by atoms with Gasteiger partial charge in [-0.25, -0.2) is 14.2 Å². The molecule has 0 bridgehead atoms. The first kappa shape index (κ1) is 15.9. The normalized spacial score (nSPS) is 15.3. The molecule has 1 heterocycles. The van der Waals surface area contributed by atoms with Gasteiger partial charge in [0.25, 0.3) is 0 Å². The van der Waals surface area contributed by atoms with Crippen molar-refractivity contribution >= 4 is 17.4 Å². The minimum Gasteiger partial charge on any atom is -0.333 e. The van der Waals surface area contributed by atoms with Crippen LogP contribution in [-0.4, -0.2) is 22.0 Å². The minimum absolute atomic E-state index is 0.144. The number of hydrogen-bond donors (Lipinski definition) is 1. The first-order valence-electron chi connectivity index (χ1n) is 7.78. The zero-order valence-electron chi connectivity index (χ0n) is 13.3. The van der Waals surface area contributed by atoms with E-state index in [2.05, 4.69) is 10.3 Å². The maximum atomic E-state index is 14.0. The lowest BCUT2D eigenvalue weighted by Crippen LogP contribution is -2.42. The SMILES string of the molecule is Cc1ncc(CNC(=O)N(C2CC2)C(C)c2ccccc2F)s1. The number of halogens is 1. The fourth-order valence-electron chi connectivity index (χ4n) is 2.72. The Bertz CT molecular complexity index is 699. The van der Waals surface area contributed by atoms with Gasteiger partial charge in [0, 0.05) is 22.7 Å². The Hall–Kier alpha value is -1.95. The van der Waals surface area contributed by atoms with Crippen LogP contribution < -0.4 is 5.32 Å². The van der Waals surface area contributed by atoms with Crippen molar-refractivity contribution < 1.29 is 9.18 Å². The van der Waals surface area contributed by atoms with Crippen LogP contribution in [-0.2, 0) is 6.54 Å². The van der Waals surface area contributed by atoms with Crippen molar-refractivity contribution in [3.8, 4) is 0 Å². The minimum atomic E-state index is -0.285. The van der Waals surface area contributed by atoms with Gasteiger partial charge in [-0.1, -0.05) is 18.2 Å². The maximum Gasteiger partial charge on any atom is 0.318 e. The van der Waals surface area contributed by atoms with E-state index >= 15 is 0 Å². The second-order valence-corrected chi connectivity index (χ2v) is 7.16. The highest BCUT2D eigenvalue weighted by Gasteiger charge is 2.36. The summed E-state index contributed by atoms with van der Waals surface area (Å²) < 4.78 is 14.0. The summed E-state index contributed by atoms with van der Waals surface area (Å²) in [6, 6.07) is 6.43. The van der Waals surface area contributed by atoms with E-state index in [1.165, 1.54) is 6.07 Å².